The molecule has 0 spiro atoms. The van der Waals surface area contributed by atoms with E-state index in [1.807, 2.05) is 0 Å². The first kappa shape index (κ1) is 18.3. The van der Waals surface area contributed by atoms with Crippen LogP contribution < -0.4 is 15.2 Å². The highest BCUT2D eigenvalue weighted by Gasteiger charge is 2.23. The third-order valence-corrected chi connectivity index (χ3v) is 3.23. The molecule has 0 radical (unpaired) electrons. The van der Waals surface area contributed by atoms with Crippen LogP contribution in [-0.4, -0.2) is 18.3 Å². The first-order valence-electron chi connectivity index (χ1n) is 6.99. The lowest BCUT2D eigenvalue weighted by Crippen LogP contribution is -2.25. The summed E-state index contributed by atoms with van der Waals surface area (Å²) in [6.45, 7) is 6.96. The van der Waals surface area contributed by atoms with E-state index in [1.54, 1.807) is 30.2 Å². The summed E-state index contributed by atoms with van der Waals surface area (Å²) in [5.74, 6) is 2.30. The second-order valence-electron chi connectivity index (χ2n) is 5.00. The molecule has 2 rings (SSSR count). The van der Waals surface area contributed by atoms with E-state index >= 15 is 0 Å². The Labute approximate surface area is 141 Å². The summed E-state index contributed by atoms with van der Waals surface area (Å²) in [5, 5.41) is 0.307. The van der Waals surface area contributed by atoms with Crippen molar-refractivity contribution in [3.8, 4) is 28.8 Å². The molecule has 128 valence electrons. The second-order valence-corrected chi connectivity index (χ2v) is 5.00. The zero-order chi connectivity index (χ0) is 18.6. The first-order valence-corrected chi connectivity index (χ1v) is 6.99. The van der Waals surface area contributed by atoms with Gasteiger partial charge in [0.15, 0.2) is 0 Å². The summed E-state index contributed by atoms with van der Waals surface area (Å²) in [4.78, 5) is 4.21. The Balaban J connectivity index is 2.42. The summed E-state index contributed by atoms with van der Waals surface area (Å²) >= 11 is 0. The lowest BCUT2D eigenvalue weighted by atomic mass is 10.1. The third-order valence-electron chi connectivity index (χ3n) is 3.23. The van der Waals surface area contributed by atoms with Gasteiger partial charge in [-0.2, -0.15) is 13.2 Å². The van der Waals surface area contributed by atoms with Gasteiger partial charge in [0.2, 0.25) is 0 Å². The van der Waals surface area contributed by atoms with Crippen molar-refractivity contribution in [1.82, 2.24) is 4.98 Å². The molecule has 0 saturated heterocycles. The summed E-state index contributed by atoms with van der Waals surface area (Å²) in [6.07, 6.45) is -3.17. The lowest BCUT2D eigenvalue weighted by Gasteiger charge is -2.04. The molecule has 1 aromatic heterocycles. The monoisotopic (exact) mass is 347 g/mol. The lowest BCUT2D eigenvalue weighted by molar-refractivity contribution is -0.0696. The van der Waals surface area contributed by atoms with Crippen molar-refractivity contribution in [3.63, 3.8) is 0 Å². The first-order chi connectivity index (χ1) is 11.7. The van der Waals surface area contributed by atoms with Gasteiger partial charge in [-0.3, -0.25) is 4.98 Å². The van der Waals surface area contributed by atoms with Crippen LogP contribution in [0.2, 0.25) is 0 Å². The van der Waals surface area contributed by atoms with Crippen LogP contribution in [0.15, 0.2) is 48.7 Å². The minimum absolute atomic E-state index is 0.0266. The number of nitrogens with zero attached hydrogens (tertiary/aromatic N) is 1. The number of pyridine rings is 1. The Hall–Kier alpha value is -3.07. The molecular weight excluding hydrogens is 334 g/mol. The van der Waals surface area contributed by atoms with E-state index in [0.717, 1.165) is 5.92 Å². The SMILES string of the molecule is C=C(C#CC(F)(F)F)/C(F)=c1/ccc(-c2ccc(OC)cn2)cc1=C. The normalized spacial score (nSPS) is 12.0. The summed E-state index contributed by atoms with van der Waals surface area (Å²) < 4.78 is 55.5. The van der Waals surface area contributed by atoms with Gasteiger partial charge in [-0.05, 0) is 23.4 Å². The summed E-state index contributed by atoms with van der Waals surface area (Å²) in [7, 11) is 1.52. The van der Waals surface area contributed by atoms with Gasteiger partial charge < -0.3 is 4.74 Å². The number of aromatic nitrogens is 1. The smallest absolute Gasteiger partial charge is 0.458 e. The van der Waals surface area contributed by atoms with Gasteiger partial charge in [-0.25, -0.2) is 4.39 Å². The van der Waals surface area contributed by atoms with Crippen molar-refractivity contribution in [3.05, 3.63) is 59.1 Å². The second kappa shape index (κ2) is 7.22. The van der Waals surface area contributed by atoms with Gasteiger partial charge >= 0.3 is 6.18 Å². The maximum Gasteiger partial charge on any atom is 0.458 e. The minimum atomic E-state index is -4.71. The number of alkyl halides is 3. The third kappa shape index (κ3) is 4.70. The standard InChI is InChI=1S/C19H13F4NO/c1-12(8-9-19(21,22)23)18(20)16-6-4-14(10-13(16)2)17-7-5-15(25-3)11-24-17/h4-7,10-11H,1-2H2,3H3/b18-16+. The fourth-order valence-electron chi connectivity index (χ4n) is 2.00. The number of hydrogen-bond donors (Lipinski definition) is 0. The van der Waals surface area contributed by atoms with Crippen molar-refractivity contribution < 1.29 is 22.3 Å². The zero-order valence-electron chi connectivity index (χ0n) is 13.2. The maximum atomic E-state index is 14.3. The molecule has 0 saturated carbocycles. The predicted molar refractivity (Wildman–Crippen MR) is 88.5 cm³/mol. The number of rotatable bonds is 3. The predicted octanol–water partition coefficient (Wildman–Crippen LogP) is 3.37. The molecule has 2 nitrogen and oxygen atoms in total. The van der Waals surface area contributed by atoms with Crippen LogP contribution in [0, 0.1) is 11.8 Å². The van der Waals surface area contributed by atoms with E-state index < -0.39 is 17.6 Å². The molecule has 6 heteroatoms. The molecule has 0 amide bonds. The summed E-state index contributed by atoms with van der Waals surface area (Å²) in [5.41, 5.74) is 0.738. The number of hydrogen-bond acceptors (Lipinski definition) is 2. The minimum Gasteiger partial charge on any atom is -0.495 e. The molecule has 0 aliphatic heterocycles. The molecule has 2 aromatic rings. The fraction of sp³-hybridized carbons (Fsp3) is 0.105. The average molecular weight is 347 g/mol. The number of ether oxygens (including phenoxy) is 1. The fourth-order valence-corrected chi connectivity index (χ4v) is 2.00. The highest BCUT2D eigenvalue weighted by molar-refractivity contribution is 5.66. The van der Waals surface area contributed by atoms with E-state index in [1.165, 1.54) is 19.4 Å². The molecule has 0 atom stereocenters. The number of allylic oxidation sites excluding steroid dienone is 1. The van der Waals surface area contributed by atoms with Crippen LogP contribution in [0.25, 0.3) is 23.7 Å². The van der Waals surface area contributed by atoms with Crippen LogP contribution in [0.4, 0.5) is 17.6 Å². The van der Waals surface area contributed by atoms with Gasteiger partial charge in [0.1, 0.15) is 11.6 Å². The van der Waals surface area contributed by atoms with E-state index in [0.29, 0.717) is 17.0 Å². The highest BCUT2D eigenvalue weighted by atomic mass is 19.4. The van der Waals surface area contributed by atoms with Gasteiger partial charge in [-0.1, -0.05) is 31.2 Å². The van der Waals surface area contributed by atoms with E-state index in [9.17, 15) is 17.6 Å². The Bertz CT molecular complexity index is 964. The van der Waals surface area contributed by atoms with Crippen LogP contribution in [0.5, 0.6) is 5.75 Å². The molecular formula is C19H13F4NO. The van der Waals surface area contributed by atoms with Crippen LogP contribution in [-0.2, 0) is 0 Å². The molecule has 0 fully saturated rings. The van der Waals surface area contributed by atoms with Crippen LogP contribution in [0.3, 0.4) is 0 Å². The Morgan fingerprint density at radius 1 is 1.20 bits per heavy atom. The molecule has 0 aliphatic rings. The molecule has 0 bridgehead atoms. The maximum absolute atomic E-state index is 14.3. The van der Waals surface area contributed by atoms with Crippen molar-refractivity contribution in [1.29, 1.82) is 0 Å². The topological polar surface area (TPSA) is 22.1 Å². The molecule has 1 heterocycles. The average Bonchev–Trinajstić information content (AvgIpc) is 2.58. The van der Waals surface area contributed by atoms with Crippen molar-refractivity contribution in [2.45, 2.75) is 6.18 Å². The quantitative estimate of drug-likeness (QED) is 0.627. The molecule has 1 aromatic carbocycles. The molecule has 0 aliphatic carbocycles. The van der Waals surface area contributed by atoms with Crippen molar-refractivity contribution in [2.24, 2.45) is 0 Å². The number of methoxy groups -OCH3 is 1. The molecule has 0 unspecified atom stereocenters. The summed E-state index contributed by atoms with van der Waals surface area (Å²) in [6, 6.07) is 8.01. The molecule has 25 heavy (non-hydrogen) atoms. The van der Waals surface area contributed by atoms with E-state index in [-0.39, 0.29) is 10.4 Å². The van der Waals surface area contributed by atoms with E-state index in [4.69, 9.17) is 4.74 Å². The Kier molecular flexibility index (Phi) is 5.28. The van der Waals surface area contributed by atoms with Gasteiger partial charge in [0, 0.05) is 16.7 Å². The number of halogens is 4. The number of benzene rings is 1. The Morgan fingerprint density at radius 3 is 2.44 bits per heavy atom. The highest BCUT2D eigenvalue weighted by Crippen LogP contribution is 2.18. The van der Waals surface area contributed by atoms with Gasteiger partial charge in [0.05, 0.1) is 24.6 Å². The molecule has 0 N–H and O–H groups in total. The van der Waals surface area contributed by atoms with Crippen LogP contribution in [0.1, 0.15) is 0 Å². The zero-order valence-corrected chi connectivity index (χ0v) is 13.2. The Morgan fingerprint density at radius 2 is 1.92 bits per heavy atom. The van der Waals surface area contributed by atoms with Gasteiger partial charge in [0.25, 0.3) is 0 Å². The van der Waals surface area contributed by atoms with E-state index in [2.05, 4.69) is 18.1 Å². The largest absolute Gasteiger partial charge is 0.495 e. The van der Waals surface area contributed by atoms with Gasteiger partial charge in [-0.15, -0.1) is 0 Å². The van der Waals surface area contributed by atoms with Crippen molar-refractivity contribution >= 4 is 12.4 Å². The van der Waals surface area contributed by atoms with Crippen LogP contribution >= 0.6 is 0 Å². The van der Waals surface area contributed by atoms with Crippen molar-refractivity contribution in [2.75, 3.05) is 7.11 Å².